The first-order chi connectivity index (χ1) is 13.3. The predicted octanol–water partition coefficient (Wildman–Crippen LogP) is 2.53. The zero-order valence-corrected chi connectivity index (χ0v) is 15.0. The van der Waals surface area contributed by atoms with E-state index in [1.54, 1.807) is 26.0 Å². The zero-order chi connectivity index (χ0) is 21.1. The van der Waals surface area contributed by atoms with Crippen LogP contribution in [0.15, 0.2) is 35.5 Å². The van der Waals surface area contributed by atoms with Crippen LogP contribution in [0.25, 0.3) is 0 Å². The molecule has 2 atom stereocenters. The third-order valence-electron chi connectivity index (χ3n) is 4.65. The van der Waals surface area contributed by atoms with Crippen molar-refractivity contribution in [1.29, 1.82) is 26.3 Å². The van der Waals surface area contributed by atoms with Crippen molar-refractivity contribution < 1.29 is 4.92 Å². The van der Waals surface area contributed by atoms with Gasteiger partial charge in [0.1, 0.15) is 23.1 Å². The Hall–Kier alpha value is -4.39. The summed E-state index contributed by atoms with van der Waals surface area (Å²) in [5.41, 5.74) is -4.31. The Labute approximate surface area is 161 Å². The lowest BCUT2D eigenvalue weighted by Gasteiger charge is -2.20. The van der Waals surface area contributed by atoms with Crippen molar-refractivity contribution in [2.45, 2.75) is 25.8 Å². The van der Waals surface area contributed by atoms with Crippen LogP contribution in [-0.2, 0) is 0 Å². The van der Waals surface area contributed by atoms with Crippen LogP contribution in [0, 0.1) is 77.6 Å². The maximum Gasteiger partial charge on any atom is 0.269 e. The Kier molecular flexibility index (Phi) is 5.04. The fourth-order valence-corrected chi connectivity index (χ4v) is 3.48. The average Bonchev–Trinajstić information content (AvgIpc) is 3.31. The van der Waals surface area contributed by atoms with Crippen molar-refractivity contribution in [1.82, 2.24) is 5.32 Å². The number of nitriles is 5. The maximum absolute atomic E-state index is 11.1. The van der Waals surface area contributed by atoms with Gasteiger partial charge < -0.3 is 5.32 Å². The number of nitrogens with one attached hydrogen (secondary N) is 1. The summed E-state index contributed by atoms with van der Waals surface area (Å²) in [6, 6.07) is 14.1. The van der Waals surface area contributed by atoms with E-state index < -0.39 is 27.2 Å². The van der Waals surface area contributed by atoms with Gasteiger partial charge in [0.2, 0.25) is 0 Å². The summed E-state index contributed by atoms with van der Waals surface area (Å²) in [5.74, 6) is -1.07. The molecule has 0 amide bonds. The number of nitro benzene ring substituents is 1. The molecule has 9 nitrogen and oxygen atoms in total. The normalized spacial score (nSPS) is 21.0. The molecule has 1 saturated carbocycles. The van der Waals surface area contributed by atoms with Crippen molar-refractivity contribution >= 4 is 5.69 Å². The van der Waals surface area contributed by atoms with Gasteiger partial charge in [-0.1, -0.05) is 12.1 Å². The number of non-ortho nitro benzene ring substituents is 1. The van der Waals surface area contributed by atoms with Gasteiger partial charge in [-0.3, -0.25) is 10.1 Å². The highest BCUT2D eigenvalue weighted by Gasteiger charge is 2.83. The van der Waals surface area contributed by atoms with E-state index in [1.165, 1.54) is 24.3 Å². The third-order valence-corrected chi connectivity index (χ3v) is 4.65. The van der Waals surface area contributed by atoms with Crippen LogP contribution >= 0.6 is 0 Å². The van der Waals surface area contributed by atoms with E-state index in [4.69, 9.17) is 0 Å². The topological polar surface area (TPSA) is 174 Å². The van der Waals surface area contributed by atoms with Crippen LogP contribution in [0.1, 0.15) is 25.3 Å². The zero-order valence-electron chi connectivity index (χ0n) is 15.0. The largest absolute Gasteiger partial charge is 0.383 e. The molecule has 9 heteroatoms. The Morgan fingerprint density at radius 1 is 1.14 bits per heavy atom. The Morgan fingerprint density at radius 3 is 2.18 bits per heavy atom. The van der Waals surface area contributed by atoms with E-state index in [-0.39, 0.29) is 23.0 Å². The molecule has 0 aromatic heterocycles. The minimum absolute atomic E-state index is 0.116. The minimum atomic E-state index is -1.91. The van der Waals surface area contributed by atoms with Crippen molar-refractivity contribution in [2.75, 3.05) is 0 Å². The van der Waals surface area contributed by atoms with Gasteiger partial charge in [-0.05, 0) is 19.4 Å². The van der Waals surface area contributed by atoms with Crippen LogP contribution < -0.4 is 5.32 Å². The first-order valence-corrected chi connectivity index (χ1v) is 8.09. The fourth-order valence-electron chi connectivity index (χ4n) is 3.48. The highest BCUT2D eigenvalue weighted by molar-refractivity contribution is 5.64. The predicted molar refractivity (Wildman–Crippen MR) is 94.1 cm³/mol. The maximum atomic E-state index is 11.1. The van der Waals surface area contributed by atoms with Crippen LogP contribution in [-0.4, -0.2) is 11.0 Å². The summed E-state index contributed by atoms with van der Waals surface area (Å²) in [4.78, 5) is 10.5. The van der Waals surface area contributed by atoms with E-state index in [0.29, 0.717) is 0 Å². The third kappa shape index (κ3) is 2.58. The lowest BCUT2D eigenvalue weighted by atomic mass is 9.89. The molecular formula is C19H13N7O2. The van der Waals surface area contributed by atoms with Crippen molar-refractivity contribution in [3.8, 4) is 30.3 Å². The molecule has 1 aliphatic carbocycles. The van der Waals surface area contributed by atoms with E-state index in [9.17, 15) is 36.4 Å². The van der Waals surface area contributed by atoms with Crippen molar-refractivity contribution in [3.63, 3.8) is 0 Å². The Morgan fingerprint density at radius 2 is 1.75 bits per heavy atom. The number of nitro groups is 1. The average molecular weight is 371 g/mol. The van der Waals surface area contributed by atoms with Gasteiger partial charge in [-0.2, -0.15) is 26.3 Å². The second-order valence-electron chi connectivity index (χ2n) is 6.51. The van der Waals surface area contributed by atoms with Crippen LogP contribution in [0.4, 0.5) is 5.69 Å². The molecule has 0 bridgehead atoms. The number of allylic oxidation sites excluding steroid dienone is 2. The molecule has 1 aliphatic rings. The quantitative estimate of drug-likeness (QED) is 0.466. The monoisotopic (exact) mass is 371 g/mol. The fraction of sp³-hybridized carbons (Fsp3) is 0.316. The molecule has 0 aliphatic heterocycles. The van der Waals surface area contributed by atoms with Crippen molar-refractivity contribution in [3.05, 3.63) is 51.2 Å². The van der Waals surface area contributed by atoms with E-state index in [1.807, 2.05) is 18.2 Å². The van der Waals surface area contributed by atoms with Crippen molar-refractivity contribution in [2.24, 2.45) is 10.8 Å². The highest BCUT2D eigenvalue weighted by Crippen LogP contribution is 2.76. The van der Waals surface area contributed by atoms with Gasteiger partial charge >= 0.3 is 0 Å². The minimum Gasteiger partial charge on any atom is -0.383 e. The number of rotatable bonds is 5. The van der Waals surface area contributed by atoms with E-state index in [2.05, 4.69) is 5.32 Å². The lowest BCUT2D eigenvalue weighted by molar-refractivity contribution is -0.384. The Balaban J connectivity index is 2.85. The molecule has 136 valence electrons. The Bertz CT molecular complexity index is 1060. The standard InChI is InChI=1S/C19H13N7O2/c1-12(2)25-17(14(7-20)8-21)19(11-24)16(18(19,9-22)10-23)13-4-3-5-15(6-13)26(27)28/h3-6,12,16,25H,1-2H3/t16-,19-/m0/s1. The SMILES string of the molecule is CC(C)NC(=C(C#N)C#N)[C@]1(C#N)[C@@H](c2cccc([N+](=O)[O-])c2)C1(C#N)C#N. The molecule has 0 heterocycles. The molecule has 2 rings (SSSR count). The van der Waals surface area contributed by atoms with E-state index >= 15 is 0 Å². The molecule has 1 aromatic rings. The van der Waals surface area contributed by atoms with E-state index in [0.717, 1.165) is 0 Å². The summed E-state index contributed by atoms with van der Waals surface area (Å²) < 4.78 is 0. The molecule has 28 heavy (non-hydrogen) atoms. The summed E-state index contributed by atoms with van der Waals surface area (Å²) in [5, 5.41) is 62.2. The molecular weight excluding hydrogens is 358 g/mol. The molecule has 1 fully saturated rings. The summed E-state index contributed by atoms with van der Waals surface area (Å²) in [7, 11) is 0. The summed E-state index contributed by atoms with van der Waals surface area (Å²) in [6.45, 7) is 3.42. The second kappa shape index (κ2) is 7.08. The number of benzene rings is 1. The van der Waals surface area contributed by atoms with Gasteiger partial charge in [0.25, 0.3) is 5.69 Å². The van der Waals surface area contributed by atoms with Gasteiger partial charge in [0.05, 0.1) is 28.8 Å². The first-order valence-electron chi connectivity index (χ1n) is 8.09. The summed E-state index contributed by atoms with van der Waals surface area (Å²) >= 11 is 0. The molecule has 0 spiro atoms. The molecule has 0 radical (unpaired) electrons. The first kappa shape index (κ1) is 19.9. The molecule has 0 saturated heterocycles. The molecule has 1 N–H and O–H groups in total. The van der Waals surface area contributed by atoms with Crippen LogP contribution in [0.2, 0.25) is 0 Å². The van der Waals surface area contributed by atoms with Gasteiger partial charge in [0.15, 0.2) is 5.41 Å². The second-order valence-corrected chi connectivity index (χ2v) is 6.51. The van der Waals surface area contributed by atoms with Crippen LogP contribution in [0.3, 0.4) is 0 Å². The lowest BCUT2D eigenvalue weighted by Crippen LogP contribution is -2.31. The number of hydrogen-bond acceptors (Lipinski definition) is 8. The number of nitrogens with zero attached hydrogens (tertiary/aromatic N) is 6. The van der Waals surface area contributed by atoms with Gasteiger partial charge in [-0.15, -0.1) is 0 Å². The van der Waals surface area contributed by atoms with Gasteiger partial charge in [-0.25, -0.2) is 0 Å². The molecule has 0 unspecified atom stereocenters. The molecule has 1 aromatic carbocycles. The van der Waals surface area contributed by atoms with Gasteiger partial charge in [0, 0.05) is 24.1 Å². The van der Waals surface area contributed by atoms with Crippen LogP contribution in [0.5, 0.6) is 0 Å². The number of hydrogen-bond donors (Lipinski definition) is 1. The summed E-state index contributed by atoms with van der Waals surface area (Å²) in [6.07, 6.45) is 0. The smallest absolute Gasteiger partial charge is 0.269 e. The highest BCUT2D eigenvalue weighted by atomic mass is 16.6.